The van der Waals surface area contributed by atoms with Gasteiger partial charge in [-0.05, 0) is 22.8 Å². The number of ether oxygens (including phenoxy) is 2. The van der Waals surface area contributed by atoms with Gasteiger partial charge >= 0.3 is 5.97 Å². The van der Waals surface area contributed by atoms with Crippen LogP contribution in [0.25, 0.3) is 0 Å². The van der Waals surface area contributed by atoms with Crippen LogP contribution in [0.15, 0.2) is 67.0 Å². The van der Waals surface area contributed by atoms with E-state index in [1.807, 2.05) is 54.6 Å². The molecule has 3 heterocycles. The summed E-state index contributed by atoms with van der Waals surface area (Å²) >= 11 is 0. The van der Waals surface area contributed by atoms with E-state index >= 15 is 0 Å². The van der Waals surface area contributed by atoms with Crippen LogP contribution in [0.4, 0.5) is 5.95 Å². The number of carbonyl (C=O) groups excluding carboxylic acids is 1. The van der Waals surface area contributed by atoms with Crippen molar-refractivity contribution >= 4 is 17.8 Å². The Labute approximate surface area is 245 Å². The Morgan fingerprint density at radius 3 is 2.21 bits per heavy atom. The number of anilines is 1. The predicted molar refractivity (Wildman–Crippen MR) is 154 cm³/mol. The maximum atomic E-state index is 11.9. The summed E-state index contributed by atoms with van der Waals surface area (Å²) in [5.74, 6) is -0.531. The van der Waals surface area contributed by atoms with E-state index in [9.17, 15) is 14.7 Å². The minimum Gasteiger partial charge on any atom is -0.481 e. The minimum absolute atomic E-state index is 0.00741. The van der Waals surface area contributed by atoms with E-state index < -0.39 is 12.3 Å². The highest BCUT2D eigenvalue weighted by Crippen LogP contribution is 2.38. The third-order valence-corrected chi connectivity index (χ3v) is 7.59. The second-order valence-corrected chi connectivity index (χ2v) is 10.6. The van der Waals surface area contributed by atoms with Crippen molar-refractivity contribution in [2.75, 3.05) is 37.6 Å². The van der Waals surface area contributed by atoms with Crippen molar-refractivity contribution in [1.29, 1.82) is 0 Å². The third kappa shape index (κ3) is 8.10. The molecule has 2 aromatic carbocycles. The van der Waals surface area contributed by atoms with E-state index in [4.69, 9.17) is 14.6 Å². The number of carbonyl (C=O) groups is 2. The molecule has 1 aromatic heterocycles. The van der Waals surface area contributed by atoms with Crippen LogP contribution in [0.3, 0.4) is 0 Å². The standard InChI is InChI=1S/C31H37N5O6/c37-21-23-4-6-24(7-5-23)27-18-26(20-35-14-16-36(17-15-35)31-32-12-1-13-33-31)41-30(42-27)25-8-2-22(3-9-25)19-34-28(38)10-11-29(39)40/h1-9,12-13,26-27,30,37H,10-11,14-21H2,(H,34,38)(H,39,40)/t26-,27+,30+/m0/s1. The molecular formula is C31H37N5O6. The van der Waals surface area contributed by atoms with Gasteiger partial charge in [0, 0.05) is 70.1 Å². The number of piperazine rings is 1. The molecule has 3 N–H and O–H groups in total. The minimum atomic E-state index is -0.994. The molecule has 0 aliphatic carbocycles. The quantitative estimate of drug-likeness (QED) is 0.313. The van der Waals surface area contributed by atoms with E-state index in [1.165, 1.54) is 0 Å². The van der Waals surface area contributed by atoms with E-state index in [-0.39, 0.29) is 37.6 Å². The van der Waals surface area contributed by atoms with Gasteiger partial charge < -0.3 is 29.9 Å². The number of benzene rings is 2. The summed E-state index contributed by atoms with van der Waals surface area (Å²) in [7, 11) is 0. The van der Waals surface area contributed by atoms with E-state index in [2.05, 4.69) is 25.1 Å². The summed E-state index contributed by atoms with van der Waals surface area (Å²) in [4.78, 5) is 36.0. The molecular weight excluding hydrogens is 538 g/mol. The molecule has 2 fully saturated rings. The number of carboxylic acids is 1. The molecule has 11 heteroatoms. The van der Waals surface area contributed by atoms with Crippen LogP contribution in [0.1, 0.15) is 53.9 Å². The fourth-order valence-corrected chi connectivity index (χ4v) is 5.21. The second-order valence-electron chi connectivity index (χ2n) is 10.6. The van der Waals surface area contributed by atoms with Gasteiger partial charge in [-0.1, -0.05) is 48.5 Å². The average Bonchev–Trinajstić information content (AvgIpc) is 3.03. The summed E-state index contributed by atoms with van der Waals surface area (Å²) < 4.78 is 13.0. The van der Waals surface area contributed by atoms with E-state index in [1.54, 1.807) is 12.4 Å². The maximum absolute atomic E-state index is 11.9. The number of hydrogen-bond acceptors (Lipinski definition) is 9. The Hall–Kier alpha value is -3.90. The zero-order valence-corrected chi connectivity index (χ0v) is 23.5. The van der Waals surface area contributed by atoms with Crippen molar-refractivity contribution in [1.82, 2.24) is 20.2 Å². The molecule has 11 nitrogen and oxygen atoms in total. The number of aromatic nitrogens is 2. The van der Waals surface area contributed by atoms with Crippen LogP contribution in [0.5, 0.6) is 0 Å². The van der Waals surface area contributed by atoms with Gasteiger partial charge in [0.25, 0.3) is 0 Å². The van der Waals surface area contributed by atoms with Crippen LogP contribution in [0, 0.1) is 0 Å². The molecule has 2 aliphatic heterocycles. The van der Waals surface area contributed by atoms with Crippen LogP contribution < -0.4 is 10.2 Å². The van der Waals surface area contributed by atoms with Gasteiger partial charge in [-0.15, -0.1) is 0 Å². The molecule has 0 bridgehead atoms. The monoisotopic (exact) mass is 575 g/mol. The van der Waals surface area contributed by atoms with Crippen molar-refractivity contribution in [3.05, 3.63) is 89.2 Å². The first-order chi connectivity index (χ1) is 20.5. The van der Waals surface area contributed by atoms with E-state index in [0.717, 1.165) is 60.9 Å². The van der Waals surface area contributed by atoms with Gasteiger partial charge in [-0.2, -0.15) is 0 Å². The SMILES string of the molecule is O=C(O)CCC(=O)NCc1ccc([C@@H]2O[C@H](CN3CCN(c4ncccn4)CC3)C[C@H](c3ccc(CO)cc3)O2)cc1. The lowest BCUT2D eigenvalue weighted by molar-refractivity contribution is -0.253. The first kappa shape index (κ1) is 29.6. The summed E-state index contributed by atoms with van der Waals surface area (Å²) in [5, 5.41) is 21.0. The van der Waals surface area contributed by atoms with Gasteiger partial charge in [0.05, 0.1) is 25.2 Å². The summed E-state index contributed by atoms with van der Waals surface area (Å²) in [5.41, 5.74) is 3.66. The van der Waals surface area contributed by atoms with Gasteiger partial charge in [-0.3, -0.25) is 14.5 Å². The van der Waals surface area contributed by atoms with Crippen LogP contribution in [-0.4, -0.2) is 75.8 Å². The number of rotatable bonds is 11. The largest absolute Gasteiger partial charge is 0.481 e. The Morgan fingerprint density at radius 2 is 1.55 bits per heavy atom. The van der Waals surface area contributed by atoms with Gasteiger partial charge in [-0.25, -0.2) is 9.97 Å². The number of nitrogens with one attached hydrogen (secondary N) is 1. The van der Waals surface area contributed by atoms with Crippen LogP contribution >= 0.6 is 0 Å². The van der Waals surface area contributed by atoms with Crippen molar-refractivity contribution in [2.24, 2.45) is 0 Å². The number of hydrogen-bond donors (Lipinski definition) is 3. The Balaban J connectivity index is 1.23. The summed E-state index contributed by atoms with van der Waals surface area (Å²) in [6, 6.07) is 17.4. The first-order valence-electron chi connectivity index (χ1n) is 14.3. The van der Waals surface area contributed by atoms with Crippen molar-refractivity contribution in [3.8, 4) is 0 Å². The molecule has 2 aliphatic rings. The zero-order chi connectivity index (χ0) is 29.3. The van der Waals surface area contributed by atoms with Crippen molar-refractivity contribution in [3.63, 3.8) is 0 Å². The molecule has 0 radical (unpaired) electrons. The number of aliphatic hydroxyl groups excluding tert-OH is 1. The Morgan fingerprint density at radius 1 is 0.881 bits per heavy atom. The molecule has 3 atom stereocenters. The number of carboxylic acid groups (broad SMARTS) is 1. The predicted octanol–water partition coefficient (Wildman–Crippen LogP) is 2.82. The molecule has 0 saturated carbocycles. The lowest BCUT2D eigenvalue weighted by Gasteiger charge is -2.40. The highest BCUT2D eigenvalue weighted by Gasteiger charge is 2.34. The normalized spacial score (nSPS) is 21.2. The molecule has 2 saturated heterocycles. The molecule has 5 rings (SSSR count). The summed E-state index contributed by atoms with van der Waals surface area (Å²) in [6.45, 7) is 4.53. The first-order valence-corrected chi connectivity index (χ1v) is 14.3. The molecule has 3 aromatic rings. The smallest absolute Gasteiger partial charge is 0.303 e. The van der Waals surface area contributed by atoms with E-state index in [0.29, 0.717) is 13.0 Å². The molecule has 1 amide bonds. The number of amides is 1. The van der Waals surface area contributed by atoms with Gasteiger partial charge in [0.2, 0.25) is 11.9 Å². The zero-order valence-electron chi connectivity index (χ0n) is 23.5. The van der Waals surface area contributed by atoms with Crippen LogP contribution in [0.2, 0.25) is 0 Å². The highest BCUT2D eigenvalue weighted by molar-refractivity contribution is 5.80. The summed E-state index contributed by atoms with van der Waals surface area (Å²) in [6.07, 6.45) is 3.21. The molecule has 222 valence electrons. The second kappa shape index (κ2) is 14.3. The molecule has 0 unspecified atom stereocenters. The third-order valence-electron chi connectivity index (χ3n) is 7.59. The lowest BCUT2D eigenvalue weighted by Crippen LogP contribution is -2.50. The Bertz CT molecular complexity index is 1300. The fourth-order valence-electron chi connectivity index (χ4n) is 5.21. The van der Waals surface area contributed by atoms with Gasteiger partial charge in [0.15, 0.2) is 6.29 Å². The number of aliphatic carboxylic acids is 1. The molecule has 0 spiro atoms. The highest BCUT2D eigenvalue weighted by atomic mass is 16.7. The lowest BCUT2D eigenvalue weighted by atomic mass is 9.99. The number of nitrogens with zero attached hydrogens (tertiary/aromatic N) is 4. The van der Waals surface area contributed by atoms with Crippen LogP contribution in [-0.2, 0) is 32.2 Å². The topological polar surface area (TPSA) is 137 Å². The Kier molecular flexibility index (Phi) is 10.1. The van der Waals surface area contributed by atoms with Crippen molar-refractivity contribution in [2.45, 2.75) is 50.9 Å². The maximum Gasteiger partial charge on any atom is 0.303 e. The molecule has 42 heavy (non-hydrogen) atoms. The average molecular weight is 576 g/mol. The number of aliphatic hydroxyl groups is 1. The van der Waals surface area contributed by atoms with Gasteiger partial charge in [0.1, 0.15) is 0 Å². The fraction of sp³-hybridized carbons (Fsp3) is 0.419. The van der Waals surface area contributed by atoms with Crippen molar-refractivity contribution < 1.29 is 29.3 Å².